The van der Waals surface area contributed by atoms with Gasteiger partial charge in [0.05, 0.1) is 10.6 Å². The lowest BCUT2D eigenvalue weighted by Crippen LogP contribution is -2.23. The third-order valence-electron chi connectivity index (χ3n) is 4.32. The van der Waals surface area contributed by atoms with Gasteiger partial charge in [0.2, 0.25) is 12.7 Å². The zero-order valence-corrected chi connectivity index (χ0v) is 14.6. The lowest BCUT2D eigenvalue weighted by Gasteiger charge is -2.16. The number of anilines is 1. The molecule has 2 aromatic carbocycles. The second-order valence-corrected chi connectivity index (χ2v) is 6.49. The van der Waals surface area contributed by atoms with E-state index in [1.807, 2.05) is 6.07 Å². The van der Waals surface area contributed by atoms with E-state index in [0.29, 0.717) is 46.3 Å². The fraction of sp³-hybridized carbons (Fsp3) is 0.263. The molecule has 1 saturated heterocycles. The third kappa shape index (κ3) is 3.20. The Morgan fingerprint density at radius 3 is 2.92 bits per heavy atom. The van der Waals surface area contributed by atoms with E-state index < -0.39 is 5.97 Å². The van der Waals surface area contributed by atoms with Crippen molar-refractivity contribution in [1.29, 1.82) is 0 Å². The summed E-state index contributed by atoms with van der Waals surface area (Å²) in [6.45, 7) is 0.857. The van der Waals surface area contributed by atoms with Gasteiger partial charge in [-0.15, -0.1) is 0 Å². The number of carbonyl (C=O) groups excluding carboxylic acids is 2. The van der Waals surface area contributed by atoms with Crippen LogP contribution in [-0.2, 0) is 16.1 Å². The predicted molar refractivity (Wildman–Crippen MR) is 94.7 cm³/mol. The van der Waals surface area contributed by atoms with Crippen molar-refractivity contribution in [3.63, 3.8) is 0 Å². The summed E-state index contributed by atoms with van der Waals surface area (Å²) in [4.78, 5) is 25.9. The number of rotatable bonds is 4. The van der Waals surface area contributed by atoms with Crippen LogP contribution in [0.5, 0.6) is 11.5 Å². The Morgan fingerprint density at radius 1 is 1.23 bits per heavy atom. The standard InChI is InChI=1S/C19H16ClNO5/c20-15-7-12(8-16-18(15)26-11-25-16)10-24-19(23)13-3-1-4-14(9-13)21-6-2-5-17(21)22/h1,3-4,7-9H,2,5-6,10-11H2. The summed E-state index contributed by atoms with van der Waals surface area (Å²) in [5.41, 5.74) is 1.82. The Morgan fingerprint density at radius 2 is 2.12 bits per heavy atom. The topological polar surface area (TPSA) is 65.1 Å². The molecule has 134 valence electrons. The van der Waals surface area contributed by atoms with Crippen molar-refractivity contribution in [2.24, 2.45) is 0 Å². The quantitative estimate of drug-likeness (QED) is 0.767. The summed E-state index contributed by atoms with van der Waals surface area (Å²) < 4.78 is 15.9. The number of hydrogen-bond acceptors (Lipinski definition) is 5. The van der Waals surface area contributed by atoms with Gasteiger partial charge in [-0.25, -0.2) is 4.79 Å². The van der Waals surface area contributed by atoms with Gasteiger partial charge in [-0.05, 0) is 42.3 Å². The van der Waals surface area contributed by atoms with Crippen LogP contribution in [0.1, 0.15) is 28.8 Å². The summed E-state index contributed by atoms with van der Waals surface area (Å²) in [5, 5.41) is 0.417. The van der Waals surface area contributed by atoms with Crippen LogP contribution in [0.3, 0.4) is 0 Å². The first-order chi connectivity index (χ1) is 12.6. The number of benzene rings is 2. The largest absolute Gasteiger partial charge is 0.457 e. The first kappa shape index (κ1) is 16.7. The van der Waals surface area contributed by atoms with Crippen LogP contribution in [0.25, 0.3) is 0 Å². The summed E-state index contributed by atoms with van der Waals surface area (Å²) in [6.07, 6.45) is 1.37. The van der Waals surface area contributed by atoms with Gasteiger partial charge in [0.1, 0.15) is 6.61 Å². The number of fused-ring (bicyclic) bond motifs is 1. The molecule has 0 saturated carbocycles. The van der Waals surface area contributed by atoms with Gasteiger partial charge in [0.15, 0.2) is 11.5 Å². The highest BCUT2D eigenvalue weighted by Gasteiger charge is 2.23. The van der Waals surface area contributed by atoms with Gasteiger partial charge in [-0.1, -0.05) is 17.7 Å². The van der Waals surface area contributed by atoms with Crippen LogP contribution in [0.2, 0.25) is 5.02 Å². The SMILES string of the molecule is O=C(OCc1cc(Cl)c2c(c1)OCO2)c1cccc(N2CCCC2=O)c1. The maximum Gasteiger partial charge on any atom is 0.338 e. The zero-order valence-electron chi connectivity index (χ0n) is 13.9. The highest BCUT2D eigenvalue weighted by molar-refractivity contribution is 6.32. The third-order valence-corrected chi connectivity index (χ3v) is 4.60. The molecular weight excluding hydrogens is 358 g/mol. The van der Waals surface area contributed by atoms with E-state index >= 15 is 0 Å². The molecule has 7 heteroatoms. The van der Waals surface area contributed by atoms with Gasteiger partial charge in [0.25, 0.3) is 0 Å². The average Bonchev–Trinajstić information content (AvgIpc) is 3.29. The van der Waals surface area contributed by atoms with Crippen LogP contribution >= 0.6 is 11.6 Å². The zero-order chi connectivity index (χ0) is 18.1. The lowest BCUT2D eigenvalue weighted by molar-refractivity contribution is -0.117. The molecule has 2 aliphatic heterocycles. The molecule has 4 rings (SSSR count). The number of ether oxygens (including phenoxy) is 3. The molecule has 0 unspecified atom stereocenters. The van der Waals surface area contributed by atoms with Crippen molar-refractivity contribution in [3.05, 3.63) is 52.5 Å². The van der Waals surface area contributed by atoms with Crippen molar-refractivity contribution < 1.29 is 23.8 Å². The van der Waals surface area contributed by atoms with Crippen molar-refractivity contribution in [3.8, 4) is 11.5 Å². The van der Waals surface area contributed by atoms with E-state index in [4.69, 9.17) is 25.8 Å². The Bertz CT molecular complexity index is 882. The smallest absolute Gasteiger partial charge is 0.338 e. The molecule has 0 aromatic heterocycles. The van der Waals surface area contributed by atoms with Crippen LogP contribution in [0.15, 0.2) is 36.4 Å². The van der Waals surface area contributed by atoms with Crippen molar-refractivity contribution in [2.75, 3.05) is 18.2 Å². The summed E-state index contributed by atoms with van der Waals surface area (Å²) in [5.74, 6) is 0.653. The van der Waals surface area contributed by atoms with E-state index in [1.54, 1.807) is 35.2 Å². The Hall–Kier alpha value is -2.73. The van der Waals surface area contributed by atoms with Crippen molar-refractivity contribution in [2.45, 2.75) is 19.4 Å². The minimum Gasteiger partial charge on any atom is -0.457 e. The van der Waals surface area contributed by atoms with E-state index in [1.165, 1.54) is 0 Å². The number of carbonyl (C=O) groups is 2. The summed E-state index contributed by atoms with van der Waals surface area (Å²) in [7, 11) is 0. The Kier molecular flexibility index (Phi) is 4.42. The molecule has 6 nitrogen and oxygen atoms in total. The predicted octanol–water partition coefficient (Wildman–Crippen LogP) is 3.55. The summed E-state index contributed by atoms with van der Waals surface area (Å²) in [6, 6.07) is 10.3. The van der Waals surface area contributed by atoms with E-state index in [9.17, 15) is 9.59 Å². The van der Waals surface area contributed by atoms with Crippen molar-refractivity contribution in [1.82, 2.24) is 0 Å². The maximum absolute atomic E-state index is 12.4. The van der Waals surface area contributed by atoms with Gasteiger partial charge < -0.3 is 19.1 Å². The molecule has 0 aliphatic carbocycles. The van der Waals surface area contributed by atoms with Gasteiger partial charge in [-0.2, -0.15) is 0 Å². The van der Waals surface area contributed by atoms with Crippen LogP contribution in [0, 0.1) is 0 Å². The van der Waals surface area contributed by atoms with Crippen LogP contribution in [0.4, 0.5) is 5.69 Å². The van der Waals surface area contributed by atoms with E-state index in [-0.39, 0.29) is 19.3 Å². The minimum absolute atomic E-state index is 0.0576. The molecule has 0 radical (unpaired) electrons. The molecule has 2 aliphatic rings. The van der Waals surface area contributed by atoms with Crippen LogP contribution in [-0.4, -0.2) is 25.2 Å². The molecule has 1 amide bonds. The van der Waals surface area contributed by atoms with E-state index in [0.717, 1.165) is 6.42 Å². The first-order valence-corrected chi connectivity index (χ1v) is 8.65. The fourth-order valence-electron chi connectivity index (χ4n) is 3.06. The highest BCUT2D eigenvalue weighted by atomic mass is 35.5. The first-order valence-electron chi connectivity index (χ1n) is 8.27. The number of amides is 1. The molecule has 0 spiro atoms. The number of esters is 1. The Balaban J connectivity index is 1.46. The number of halogens is 1. The fourth-order valence-corrected chi connectivity index (χ4v) is 3.35. The van der Waals surface area contributed by atoms with Crippen molar-refractivity contribution >= 4 is 29.2 Å². The monoisotopic (exact) mass is 373 g/mol. The van der Waals surface area contributed by atoms with E-state index in [2.05, 4.69) is 0 Å². The highest BCUT2D eigenvalue weighted by Crippen LogP contribution is 2.40. The maximum atomic E-state index is 12.4. The normalized spacial score (nSPS) is 15.4. The van der Waals surface area contributed by atoms with Gasteiger partial charge in [0, 0.05) is 18.7 Å². The minimum atomic E-state index is -0.465. The van der Waals surface area contributed by atoms with Crippen LogP contribution < -0.4 is 14.4 Å². The Labute approximate surface area is 155 Å². The summed E-state index contributed by atoms with van der Waals surface area (Å²) >= 11 is 6.13. The molecule has 0 N–H and O–H groups in total. The number of nitrogens with zero attached hydrogens (tertiary/aromatic N) is 1. The molecular formula is C19H16ClNO5. The second kappa shape index (κ2) is 6.88. The molecule has 0 bridgehead atoms. The number of hydrogen-bond donors (Lipinski definition) is 0. The second-order valence-electron chi connectivity index (χ2n) is 6.09. The van der Waals surface area contributed by atoms with Gasteiger partial charge >= 0.3 is 5.97 Å². The molecule has 2 heterocycles. The molecule has 2 aromatic rings. The molecule has 1 fully saturated rings. The molecule has 26 heavy (non-hydrogen) atoms. The molecule has 0 atom stereocenters. The van der Waals surface area contributed by atoms with Gasteiger partial charge in [-0.3, -0.25) is 4.79 Å². The average molecular weight is 374 g/mol. The lowest BCUT2D eigenvalue weighted by atomic mass is 10.2.